The van der Waals surface area contributed by atoms with Crippen molar-refractivity contribution in [2.45, 2.75) is 13.0 Å². The Morgan fingerprint density at radius 1 is 1.44 bits per heavy atom. The maximum absolute atomic E-state index is 12.0. The summed E-state index contributed by atoms with van der Waals surface area (Å²) in [6.07, 6.45) is 0. The Balaban J connectivity index is 2.23. The second kappa shape index (κ2) is 4.09. The van der Waals surface area contributed by atoms with E-state index in [0.717, 1.165) is 18.8 Å². The molecule has 1 saturated heterocycles. The van der Waals surface area contributed by atoms with Crippen molar-refractivity contribution in [3.63, 3.8) is 0 Å². The Bertz CT molecular complexity index is 463. The summed E-state index contributed by atoms with van der Waals surface area (Å²) < 4.78 is 0. The maximum Gasteiger partial charge on any atom is 0.260 e. The van der Waals surface area contributed by atoms with Gasteiger partial charge in [0.25, 0.3) is 11.5 Å². The molecule has 0 radical (unpaired) electrons. The number of amides is 1. The van der Waals surface area contributed by atoms with E-state index in [2.05, 4.69) is 10.3 Å². The summed E-state index contributed by atoms with van der Waals surface area (Å²) in [4.78, 5) is 27.8. The van der Waals surface area contributed by atoms with E-state index in [-0.39, 0.29) is 23.1 Å². The molecule has 2 N–H and O–H groups in total. The number of hydrogen-bond donors (Lipinski definition) is 2. The molecule has 1 aliphatic rings. The Morgan fingerprint density at radius 3 is 2.62 bits per heavy atom. The van der Waals surface area contributed by atoms with Gasteiger partial charge in [-0.2, -0.15) is 0 Å². The lowest BCUT2D eigenvalue weighted by Crippen LogP contribution is -2.57. The molecule has 0 aliphatic carbocycles. The van der Waals surface area contributed by atoms with Crippen molar-refractivity contribution in [3.05, 3.63) is 33.7 Å². The number of carbonyl (C=O) groups is 1. The van der Waals surface area contributed by atoms with E-state index in [1.54, 1.807) is 31.0 Å². The van der Waals surface area contributed by atoms with Crippen molar-refractivity contribution >= 4 is 5.91 Å². The number of carbonyl (C=O) groups excluding carboxylic acids is 1. The highest BCUT2D eigenvalue weighted by atomic mass is 16.2. The number of aromatic nitrogens is 1. The first-order valence-corrected chi connectivity index (χ1v) is 5.27. The topological polar surface area (TPSA) is 65.2 Å². The second-order valence-corrected chi connectivity index (χ2v) is 4.11. The molecule has 5 heteroatoms. The van der Waals surface area contributed by atoms with Gasteiger partial charge in [0.15, 0.2) is 0 Å². The first-order valence-electron chi connectivity index (χ1n) is 5.27. The van der Waals surface area contributed by atoms with Crippen molar-refractivity contribution < 1.29 is 4.79 Å². The highest BCUT2D eigenvalue weighted by molar-refractivity contribution is 5.94. The minimum absolute atomic E-state index is 0.202. The highest BCUT2D eigenvalue weighted by Crippen LogP contribution is 2.06. The third kappa shape index (κ3) is 1.86. The number of aryl methyl sites for hydroxylation is 1. The van der Waals surface area contributed by atoms with Gasteiger partial charge in [-0.3, -0.25) is 9.59 Å². The van der Waals surface area contributed by atoms with Crippen LogP contribution in [0.2, 0.25) is 0 Å². The highest BCUT2D eigenvalue weighted by Gasteiger charge is 2.27. The molecule has 2 heterocycles. The second-order valence-electron chi connectivity index (χ2n) is 4.11. The average molecular weight is 221 g/mol. The largest absolute Gasteiger partial charge is 0.336 e. The molecule has 1 fully saturated rings. The number of hydrogen-bond acceptors (Lipinski definition) is 3. The SMILES string of the molecule is Cc1ccc(C(=O)N(C)C2CNC2)c(=O)[nH]1. The van der Waals surface area contributed by atoms with Crippen LogP contribution in [0.1, 0.15) is 16.1 Å². The molecule has 16 heavy (non-hydrogen) atoms. The standard InChI is InChI=1S/C11H15N3O2/c1-7-3-4-9(10(15)13-7)11(16)14(2)8-5-12-6-8/h3-4,8,12H,5-6H2,1-2H3,(H,13,15). The summed E-state index contributed by atoms with van der Waals surface area (Å²) >= 11 is 0. The molecule has 5 nitrogen and oxygen atoms in total. The number of rotatable bonds is 2. The van der Waals surface area contributed by atoms with Crippen LogP contribution in [-0.4, -0.2) is 42.0 Å². The van der Waals surface area contributed by atoms with Gasteiger partial charge in [0.05, 0.1) is 6.04 Å². The summed E-state index contributed by atoms with van der Waals surface area (Å²) in [5.74, 6) is -0.215. The molecule has 0 aromatic carbocycles. The predicted octanol–water partition coefficient (Wildman–Crippen LogP) is -0.273. The van der Waals surface area contributed by atoms with Gasteiger partial charge in [0.2, 0.25) is 0 Å². The minimum Gasteiger partial charge on any atom is -0.336 e. The molecule has 86 valence electrons. The molecule has 2 rings (SSSR count). The van der Waals surface area contributed by atoms with E-state index in [9.17, 15) is 9.59 Å². The van der Waals surface area contributed by atoms with Crippen molar-refractivity contribution in [1.29, 1.82) is 0 Å². The normalized spacial score (nSPS) is 15.6. The van der Waals surface area contributed by atoms with E-state index < -0.39 is 0 Å². The van der Waals surface area contributed by atoms with E-state index in [4.69, 9.17) is 0 Å². The summed E-state index contributed by atoms with van der Waals surface area (Å²) in [6, 6.07) is 3.52. The number of aromatic amines is 1. The fourth-order valence-electron chi connectivity index (χ4n) is 1.64. The molecular weight excluding hydrogens is 206 g/mol. The van der Waals surface area contributed by atoms with Crippen molar-refractivity contribution in [3.8, 4) is 0 Å². The summed E-state index contributed by atoms with van der Waals surface area (Å²) in [7, 11) is 1.73. The van der Waals surface area contributed by atoms with Gasteiger partial charge in [-0.15, -0.1) is 0 Å². The zero-order valence-corrected chi connectivity index (χ0v) is 9.41. The summed E-state index contributed by atoms with van der Waals surface area (Å²) in [6.45, 7) is 3.38. The van der Waals surface area contributed by atoms with Gasteiger partial charge in [-0.25, -0.2) is 0 Å². The van der Waals surface area contributed by atoms with Crippen molar-refractivity contribution in [2.24, 2.45) is 0 Å². The summed E-state index contributed by atoms with van der Waals surface area (Å²) in [5.41, 5.74) is 0.652. The molecule has 1 aromatic heterocycles. The molecule has 0 unspecified atom stereocenters. The van der Waals surface area contributed by atoms with E-state index in [1.807, 2.05) is 0 Å². The molecule has 0 atom stereocenters. The lowest BCUT2D eigenvalue weighted by atomic mass is 10.1. The Morgan fingerprint density at radius 2 is 2.12 bits per heavy atom. The van der Waals surface area contributed by atoms with Gasteiger partial charge < -0.3 is 15.2 Å². The third-order valence-corrected chi connectivity index (χ3v) is 2.91. The number of pyridine rings is 1. The van der Waals surface area contributed by atoms with Crippen LogP contribution in [0.5, 0.6) is 0 Å². The predicted molar refractivity (Wildman–Crippen MR) is 60.6 cm³/mol. The van der Waals surface area contributed by atoms with E-state index in [1.165, 1.54) is 0 Å². The first-order chi connectivity index (χ1) is 7.59. The minimum atomic E-state index is -0.316. The Labute approximate surface area is 93.5 Å². The first kappa shape index (κ1) is 10.9. The maximum atomic E-state index is 12.0. The van der Waals surface area contributed by atoms with Gasteiger partial charge in [0, 0.05) is 25.8 Å². The van der Waals surface area contributed by atoms with Crippen LogP contribution in [-0.2, 0) is 0 Å². The van der Waals surface area contributed by atoms with Crippen LogP contribution in [0.4, 0.5) is 0 Å². The van der Waals surface area contributed by atoms with Gasteiger partial charge in [-0.05, 0) is 19.1 Å². The monoisotopic (exact) mass is 221 g/mol. The molecule has 1 aromatic rings. The molecule has 0 spiro atoms. The Hall–Kier alpha value is -1.62. The van der Waals surface area contributed by atoms with Gasteiger partial charge >= 0.3 is 0 Å². The number of H-pyrrole nitrogens is 1. The lowest BCUT2D eigenvalue weighted by Gasteiger charge is -2.35. The molecule has 0 saturated carbocycles. The van der Waals surface area contributed by atoms with Crippen molar-refractivity contribution in [2.75, 3.05) is 20.1 Å². The molecule has 0 bridgehead atoms. The molecule has 1 amide bonds. The van der Waals surface area contributed by atoms with Crippen molar-refractivity contribution in [1.82, 2.24) is 15.2 Å². The van der Waals surface area contributed by atoms with Crippen LogP contribution in [0, 0.1) is 6.92 Å². The molecule has 1 aliphatic heterocycles. The molecular formula is C11H15N3O2. The zero-order chi connectivity index (χ0) is 11.7. The lowest BCUT2D eigenvalue weighted by molar-refractivity contribution is 0.0679. The number of likely N-dealkylation sites (N-methyl/N-ethyl adjacent to an activating group) is 1. The van der Waals surface area contributed by atoms with Crippen LogP contribution in [0.25, 0.3) is 0 Å². The van der Waals surface area contributed by atoms with Gasteiger partial charge in [0.1, 0.15) is 5.56 Å². The summed E-state index contributed by atoms with van der Waals surface area (Å²) in [5, 5.41) is 3.09. The van der Waals surface area contributed by atoms with Crippen LogP contribution in [0.3, 0.4) is 0 Å². The quantitative estimate of drug-likeness (QED) is 0.722. The Kier molecular flexibility index (Phi) is 2.78. The van der Waals surface area contributed by atoms with Crippen LogP contribution in [0.15, 0.2) is 16.9 Å². The number of nitrogens with one attached hydrogen (secondary N) is 2. The fraction of sp³-hybridized carbons (Fsp3) is 0.455. The third-order valence-electron chi connectivity index (χ3n) is 2.91. The average Bonchev–Trinajstić information content (AvgIpc) is 2.14. The smallest absolute Gasteiger partial charge is 0.260 e. The zero-order valence-electron chi connectivity index (χ0n) is 9.41. The van der Waals surface area contributed by atoms with Crippen LogP contribution >= 0.6 is 0 Å². The van der Waals surface area contributed by atoms with E-state index >= 15 is 0 Å². The number of nitrogens with zero attached hydrogens (tertiary/aromatic N) is 1. The van der Waals surface area contributed by atoms with Gasteiger partial charge in [-0.1, -0.05) is 0 Å². The fourth-order valence-corrected chi connectivity index (χ4v) is 1.64. The van der Waals surface area contributed by atoms with E-state index in [0.29, 0.717) is 0 Å². The van der Waals surface area contributed by atoms with Crippen LogP contribution < -0.4 is 10.9 Å².